The van der Waals surface area contributed by atoms with Gasteiger partial charge in [0.25, 0.3) is 0 Å². The molecule has 4 aliphatic rings. The summed E-state index contributed by atoms with van der Waals surface area (Å²) in [5, 5.41) is 0. The molecular formula is C18H25NO4. The Balaban J connectivity index is 1.60. The van der Waals surface area contributed by atoms with Crippen molar-refractivity contribution in [1.82, 2.24) is 4.90 Å². The van der Waals surface area contributed by atoms with Crippen LogP contribution in [0.1, 0.15) is 52.4 Å². The Labute approximate surface area is 137 Å². The van der Waals surface area contributed by atoms with Crippen LogP contribution in [0.4, 0.5) is 0 Å². The van der Waals surface area contributed by atoms with Gasteiger partial charge in [-0.3, -0.25) is 9.69 Å². The van der Waals surface area contributed by atoms with Gasteiger partial charge in [0.15, 0.2) is 0 Å². The number of carbonyl (C=O) groups is 2. The van der Waals surface area contributed by atoms with Crippen LogP contribution in [0.3, 0.4) is 0 Å². The molecule has 0 N–H and O–H groups in total. The van der Waals surface area contributed by atoms with E-state index in [0.29, 0.717) is 0 Å². The van der Waals surface area contributed by atoms with Crippen molar-refractivity contribution in [2.24, 2.45) is 5.92 Å². The van der Waals surface area contributed by atoms with E-state index in [2.05, 4.69) is 11.0 Å². The SMILES string of the molecule is CC1=C[C@]2(CCCCN3[C@@H]([C@H]4C[C@@H](C)C(=O)O4)CC[C@H]32)OC1=O. The molecule has 0 aromatic rings. The van der Waals surface area contributed by atoms with Crippen molar-refractivity contribution in [2.75, 3.05) is 6.54 Å². The van der Waals surface area contributed by atoms with Gasteiger partial charge < -0.3 is 9.47 Å². The van der Waals surface area contributed by atoms with Gasteiger partial charge in [-0.15, -0.1) is 0 Å². The van der Waals surface area contributed by atoms with E-state index in [1.807, 2.05) is 13.8 Å². The van der Waals surface area contributed by atoms with Crippen molar-refractivity contribution in [3.8, 4) is 0 Å². The predicted octanol–water partition coefficient (Wildman–Crippen LogP) is 2.20. The zero-order chi connectivity index (χ0) is 16.2. The van der Waals surface area contributed by atoms with Crippen LogP contribution >= 0.6 is 0 Å². The van der Waals surface area contributed by atoms with E-state index >= 15 is 0 Å². The van der Waals surface area contributed by atoms with Crippen LogP contribution in [-0.4, -0.2) is 47.2 Å². The molecule has 4 aliphatic heterocycles. The second-order valence-electron chi connectivity index (χ2n) is 7.64. The fraction of sp³-hybridized carbons (Fsp3) is 0.778. The molecule has 126 valence electrons. The zero-order valence-electron chi connectivity index (χ0n) is 13.9. The summed E-state index contributed by atoms with van der Waals surface area (Å²) in [5.74, 6) is -0.228. The molecule has 1 spiro atoms. The van der Waals surface area contributed by atoms with Crippen molar-refractivity contribution in [1.29, 1.82) is 0 Å². The van der Waals surface area contributed by atoms with Gasteiger partial charge in [0.2, 0.25) is 0 Å². The Kier molecular flexibility index (Phi) is 3.52. The molecule has 23 heavy (non-hydrogen) atoms. The molecule has 3 saturated heterocycles. The lowest BCUT2D eigenvalue weighted by Crippen LogP contribution is -2.52. The number of nitrogens with zero attached hydrogens (tertiary/aromatic N) is 1. The van der Waals surface area contributed by atoms with Gasteiger partial charge in [-0.1, -0.05) is 6.92 Å². The molecule has 4 rings (SSSR count). The summed E-state index contributed by atoms with van der Waals surface area (Å²) in [6.45, 7) is 4.80. The van der Waals surface area contributed by atoms with Crippen LogP contribution in [0.15, 0.2) is 11.6 Å². The highest BCUT2D eigenvalue weighted by atomic mass is 16.6. The number of hydrogen-bond donors (Lipinski definition) is 0. The third-order valence-corrected chi connectivity index (χ3v) is 6.11. The van der Waals surface area contributed by atoms with Crippen molar-refractivity contribution in [3.63, 3.8) is 0 Å². The van der Waals surface area contributed by atoms with Crippen LogP contribution in [0.2, 0.25) is 0 Å². The van der Waals surface area contributed by atoms with Gasteiger partial charge in [-0.2, -0.15) is 0 Å². The lowest BCUT2D eigenvalue weighted by atomic mass is 9.88. The monoisotopic (exact) mass is 319 g/mol. The standard InChI is InChI=1S/C18H25NO4/c1-11-9-14(22-16(11)20)13-5-6-15-18(7-3-4-8-19(13)15)10-12(2)17(21)23-18/h10-11,13-15H,3-9H2,1-2H3/t11-,13-,14-,15+,18+/m1/s1. The lowest BCUT2D eigenvalue weighted by molar-refractivity contribution is -0.152. The van der Waals surface area contributed by atoms with E-state index in [1.54, 1.807) is 0 Å². The van der Waals surface area contributed by atoms with E-state index in [1.165, 1.54) is 0 Å². The Hall–Kier alpha value is -1.36. The largest absolute Gasteiger partial charge is 0.460 e. The third-order valence-electron chi connectivity index (χ3n) is 6.11. The van der Waals surface area contributed by atoms with Crippen LogP contribution in [-0.2, 0) is 19.1 Å². The fourth-order valence-electron chi connectivity index (χ4n) is 4.99. The summed E-state index contributed by atoms with van der Waals surface area (Å²) >= 11 is 0. The molecule has 0 aromatic heterocycles. The Bertz CT molecular complexity index is 571. The Morgan fingerprint density at radius 2 is 2.09 bits per heavy atom. The van der Waals surface area contributed by atoms with E-state index in [0.717, 1.165) is 50.6 Å². The molecule has 4 heterocycles. The molecule has 5 atom stereocenters. The highest BCUT2D eigenvalue weighted by Gasteiger charge is 2.54. The number of fused-ring (bicyclic) bond motifs is 2. The second-order valence-corrected chi connectivity index (χ2v) is 7.64. The highest BCUT2D eigenvalue weighted by Crippen LogP contribution is 2.45. The molecule has 0 bridgehead atoms. The summed E-state index contributed by atoms with van der Waals surface area (Å²) in [6, 6.07) is 0.503. The molecule has 0 amide bonds. The maximum absolute atomic E-state index is 12.0. The second kappa shape index (κ2) is 5.33. The van der Waals surface area contributed by atoms with E-state index in [9.17, 15) is 9.59 Å². The number of carbonyl (C=O) groups excluding carboxylic acids is 2. The average Bonchev–Trinajstić information content (AvgIpc) is 3.11. The van der Waals surface area contributed by atoms with Gasteiger partial charge in [0.05, 0.1) is 12.0 Å². The molecule has 0 saturated carbocycles. The van der Waals surface area contributed by atoms with Gasteiger partial charge in [-0.05, 0) is 58.1 Å². The van der Waals surface area contributed by atoms with E-state index < -0.39 is 5.60 Å². The zero-order valence-corrected chi connectivity index (χ0v) is 13.9. The van der Waals surface area contributed by atoms with Crippen LogP contribution < -0.4 is 0 Å². The molecule has 0 aliphatic carbocycles. The van der Waals surface area contributed by atoms with E-state index in [-0.39, 0.29) is 36.0 Å². The molecule has 0 radical (unpaired) electrons. The lowest BCUT2D eigenvalue weighted by Gasteiger charge is -2.38. The van der Waals surface area contributed by atoms with Gasteiger partial charge >= 0.3 is 11.9 Å². The van der Waals surface area contributed by atoms with Crippen molar-refractivity contribution in [2.45, 2.75) is 76.2 Å². The number of hydrogen-bond acceptors (Lipinski definition) is 5. The van der Waals surface area contributed by atoms with Crippen LogP contribution in [0.25, 0.3) is 0 Å². The normalized spacial score (nSPS) is 44.0. The van der Waals surface area contributed by atoms with Gasteiger partial charge in [0.1, 0.15) is 11.7 Å². The van der Waals surface area contributed by atoms with Crippen LogP contribution in [0.5, 0.6) is 0 Å². The molecular weight excluding hydrogens is 294 g/mol. The quantitative estimate of drug-likeness (QED) is 0.694. The number of esters is 2. The Morgan fingerprint density at radius 3 is 2.74 bits per heavy atom. The van der Waals surface area contributed by atoms with Gasteiger partial charge in [-0.25, -0.2) is 4.79 Å². The fourth-order valence-corrected chi connectivity index (χ4v) is 4.99. The summed E-state index contributed by atoms with van der Waals surface area (Å²) in [7, 11) is 0. The predicted molar refractivity (Wildman–Crippen MR) is 83.6 cm³/mol. The first-order valence-electron chi connectivity index (χ1n) is 8.89. The number of cyclic esters (lactones) is 1. The minimum atomic E-state index is -0.458. The third kappa shape index (κ3) is 2.32. The highest BCUT2D eigenvalue weighted by molar-refractivity contribution is 5.91. The van der Waals surface area contributed by atoms with E-state index in [4.69, 9.17) is 9.47 Å². The molecule has 3 fully saturated rings. The average molecular weight is 319 g/mol. The first-order valence-corrected chi connectivity index (χ1v) is 8.89. The molecule has 5 heteroatoms. The molecule has 0 unspecified atom stereocenters. The smallest absolute Gasteiger partial charge is 0.334 e. The minimum Gasteiger partial charge on any atom is -0.460 e. The maximum atomic E-state index is 12.0. The summed E-state index contributed by atoms with van der Waals surface area (Å²) in [5.41, 5.74) is 0.275. The summed E-state index contributed by atoms with van der Waals surface area (Å²) in [6.07, 6.45) is 7.97. The van der Waals surface area contributed by atoms with Crippen molar-refractivity contribution in [3.05, 3.63) is 11.6 Å². The number of ether oxygens (including phenoxy) is 2. The summed E-state index contributed by atoms with van der Waals surface area (Å²) < 4.78 is 11.5. The van der Waals surface area contributed by atoms with Crippen molar-refractivity contribution >= 4 is 11.9 Å². The molecule has 0 aromatic carbocycles. The minimum absolute atomic E-state index is 0.000156. The maximum Gasteiger partial charge on any atom is 0.334 e. The van der Waals surface area contributed by atoms with Crippen LogP contribution in [0, 0.1) is 5.92 Å². The first kappa shape index (κ1) is 15.2. The topological polar surface area (TPSA) is 55.8 Å². The Morgan fingerprint density at radius 1 is 1.26 bits per heavy atom. The molecule has 5 nitrogen and oxygen atoms in total. The van der Waals surface area contributed by atoms with Crippen molar-refractivity contribution < 1.29 is 19.1 Å². The summed E-state index contributed by atoms with van der Waals surface area (Å²) in [4.78, 5) is 26.3. The first-order chi connectivity index (χ1) is 11.0. The number of rotatable bonds is 1. The van der Waals surface area contributed by atoms with Gasteiger partial charge in [0, 0.05) is 11.6 Å².